The van der Waals surface area contributed by atoms with Gasteiger partial charge < -0.3 is 15.2 Å². The molecule has 0 aromatic heterocycles. The standard InChI is InChI=1S/C5H12N2O2/c6-1-2-9-5(7)3-8-4-5/h1-4,6-7H2. The third-order valence-electron chi connectivity index (χ3n) is 1.20. The van der Waals surface area contributed by atoms with Crippen LogP contribution in [0.5, 0.6) is 0 Å². The van der Waals surface area contributed by atoms with E-state index in [4.69, 9.17) is 20.9 Å². The van der Waals surface area contributed by atoms with Crippen LogP contribution in [0, 0.1) is 0 Å². The van der Waals surface area contributed by atoms with Crippen molar-refractivity contribution in [3.63, 3.8) is 0 Å². The Balaban J connectivity index is 2.09. The number of ether oxygens (including phenoxy) is 2. The molecule has 0 atom stereocenters. The topological polar surface area (TPSA) is 70.5 Å². The summed E-state index contributed by atoms with van der Waals surface area (Å²) in [5.41, 5.74) is 10.3. The van der Waals surface area contributed by atoms with Crippen LogP contribution in [0.3, 0.4) is 0 Å². The minimum absolute atomic E-state index is 0.493. The highest BCUT2D eigenvalue weighted by Gasteiger charge is 2.34. The van der Waals surface area contributed by atoms with E-state index in [1.54, 1.807) is 0 Å². The molecule has 54 valence electrons. The van der Waals surface area contributed by atoms with E-state index >= 15 is 0 Å². The van der Waals surface area contributed by atoms with Gasteiger partial charge in [-0.3, -0.25) is 5.73 Å². The molecule has 1 rings (SSSR count). The SMILES string of the molecule is NCCOC1(N)COC1. The second-order valence-corrected chi connectivity index (χ2v) is 2.19. The Bertz CT molecular complexity index is 93.0. The van der Waals surface area contributed by atoms with Gasteiger partial charge in [0.1, 0.15) is 0 Å². The molecule has 0 aromatic carbocycles. The Kier molecular flexibility index (Phi) is 2.02. The molecule has 0 unspecified atom stereocenters. The van der Waals surface area contributed by atoms with Gasteiger partial charge in [0, 0.05) is 6.54 Å². The fourth-order valence-corrected chi connectivity index (χ4v) is 0.649. The monoisotopic (exact) mass is 132 g/mol. The molecule has 0 amide bonds. The molecule has 0 radical (unpaired) electrons. The van der Waals surface area contributed by atoms with Crippen molar-refractivity contribution in [2.45, 2.75) is 5.72 Å². The average Bonchev–Trinajstić information content (AvgIpc) is 1.79. The van der Waals surface area contributed by atoms with Gasteiger partial charge in [0.05, 0.1) is 19.8 Å². The minimum Gasteiger partial charge on any atom is -0.372 e. The average molecular weight is 132 g/mol. The summed E-state index contributed by atoms with van der Waals surface area (Å²) < 4.78 is 9.99. The normalized spacial score (nSPS) is 23.3. The van der Waals surface area contributed by atoms with E-state index in [2.05, 4.69) is 0 Å². The lowest BCUT2D eigenvalue weighted by molar-refractivity contribution is -0.204. The molecule has 1 aliphatic heterocycles. The van der Waals surface area contributed by atoms with Crippen LogP contribution in [-0.4, -0.2) is 32.1 Å². The molecule has 0 bridgehead atoms. The molecule has 0 aromatic rings. The zero-order valence-corrected chi connectivity index (χ0v) is 5.30. The van der Waals surface area contributed by atoms with Crippen LogP contribution in [0.4, 0.5) is 0 Å². The lowest BCUT2D eigenvalue weighted by atomic mass is 10.2. The summed E-state index contributed by atoms with van der Waals surface area (Å²) in [5, 5.41) is 0. The summed E-state index contributed by atoms with van der Waals surface area (Å²) >= 11 is 0. The number of rotatable bonds is 3. The van der Waals surface area contributed by atoms with Crippen molar-refractivity contribution in [2.24, 2.45) is 11.5 Å². The molecular formula is C5H12N2O2. The molecular weight excluding hydrogens is 120 g/mol. The van der Waals surface area contributed by atoms with Crippen LogP contribution in [0.15, 0.2) is 0 Å². The third kappa shape index (κ3) is 1.62. The van der Waals surface area contributed by atoms with Gasteiger partial charge in [-0.2, -0.15) is 0 Å². The predicted molar refractivity (Wildman–Crippen MR) is 32.7 cm³/mol. The Morgan fingerprint density at radius 1 is 1.56 bits per heavy atom. The molecule has 1 heterocycles. The molecule has 0 saturated carbocycles. The second kappa shape index (κ2) is 2.62. The Labute approximate surface area is 54.1 Å². The van der Waals surface area contributed by atoms with Crippen molar-refractivity contribution in [1.82, 2.24) is 0 Å². The van der Waals surface area contributed by atoms with E-state index in [-0.39, 0.29) is 0 Å². The Morgan fingerprint density at radius 2 is 2.22 bits per heavy atom. The first-order valence-corrected chi connectivity index (χ1v) is 2.97. The van der Waals surface area contributed by atoms with Crippen LogP contribution in [0.1, 0.15) is 0 Å². The van der Waals surface area contributed by atoms with Crippen molar-refractivity contribution in [3.05, 3.63) is 0 Å². The van der Waals surface area contributed by atoms with Crippen molar-refractivity contribution < 1.29 is 9.47 Å². The third-order valence-corrected chi connectivity index (χ3v) is 1.20. The highest BCUT2D eigenvalue weighted by atomic mass is 16.6. The van der Waals surface area contributed by atoms with Gasteiger partial charge in [0.25, 0.3) is 0 Å². The lowest BCUT2D eigenvalue weighted by Gasteiger charge is -2.37. The maximum absolute atomic E-state index is 5.59. The highest BCUT2D eigenvalue weighted by molar-refractivity contribution is 4.80. The van der Waals surface area contributed by atoms with Crippen LogP contribution in [0.2, 0.25) is 0 Å². The largest absolute Gasteiger partial charge is 0.372 e. The maximum Gasteiger partial charge on any atom is 0.163 e. The zero-order valence-electron chi connectivity index (χ0n) is 5.30. The van der Waals surface area contributed by atoms with Crippen molar-refractivity contribution in [3.8, 4) is 0 Å². The Hall–Kier alpha value is -0.160. The predicted octanol–water partition coefficient (Wildman–Crippen LogP) is -1.35. The summed E-state index contributed by atoms with van der Waals surface area (Å²) in [6.45, 7) is 2.01. The number of hydrogen-bond donors (Lipinski definition) is 2. The first-order chi connectivity index (χ1) is 4.27. The first kappa shape index (κ1) is 6.95. The van der Waals surface area contributed by atoms with Gasteiger partial charge in [-0.1, -0.05) is 0 Å². The highest BCUT2D eigenvalue weighted by Crippen LogP contribution is 2.13. The summed E-state index contributed by atoms with van der Waals surface area (Å²) in [7, 11) is 0. The van der Waals surface area contributed by atoms with Gasteiger partial charge in [-0.05, 0) is 0 Å². The fourth-order valence-electron chi connectivity index (χ4n) is 0.649. The van der Waals surface area contributed by atoms with Crippen LogP contribution < -0.4 is 11.5 Å². The summed E-state index contributed by atoms with van der Waals surface area (Å²) in [4.78, 5) is 0. The minimum atomic E-state index is -0.528. The lowest BCUT2D eigenvalue weighted by Crippen LogP contribution is -2.59. The van der Waals surface area contributed by atoms with E-state index < -0.39 is 5.72 Å². The van der Waals surface area contributed by atoms with Crippen molar-refractivity contribution in [1.29, 1.82) is 0 Å². The van der Waals surface area contributed by atoms with E-state index in [1.165, 1.54) is 0 Å². The molecule has 1 aliphatic rings. The molecule has 0 aliphatic carbocycles. The quantitative estimate of drug-likeness (QED) is 0.466. The zero-order chi connectivity index (χ0) is 6.74. The summed E-state index contributed by atoms with van der Waals surface area (Å²) in [6.07, 6.45) is 0. The van der Waals surface area contributed by atoms with Gasteiger partial charge in [0.15, 0.2) is 5.72 Å². The molecule has 1 fully saturated rings. The van der Waals surface area contributed by atoms with Crippen LogP contribution in [0.25, 0.3) is 0 Å². The maximum atomic E-state index is 5.59. The van der Waals surface area contributed by atoms with E-state index in [1.807, 2.05) is 0 Å². The van der Waals surface area contributed by atoms with Crippen molar-refractivity contribution in [2.75, 3.05) is 26.4 Å². The summed E-state index contributed by atoms with van der Waals surface area (Å²) in [6, 6.07) is 0. The van der Waals surface area contributed by atoms with E-state index in [0.29, 0.717) is 26.4 Å². The van der Waals surface area contributed by atoms with Crippen LogP contribution >= 0.6 is 0 Å². The van der Waals surface area contributed by atoms with Crippen molar-refractivity contribution >= 4 is 0 Å². The number of hydrogen-bond acceptors (Lipinski definition) is 4. The van der Waals surface area contributed by atoms with Gasteiger partial charge in [-0.15, -0.1) is 0 Å². The summed E-state index contributed by atoms with van der Waals surface area (Å²) in [5.74, 6) is 0. The van der Waals surface area contributed by atoms with E-state index in [9.17, 15) is 0 Å². The molecule has 0 spiro atoms. The van der Waals surface area contributed by atoms with Crippen LogP contribution in [-0.2, 0) is 9.47 Å². The molecule has 1 saturated heterocycles. The van der Waals surface area contributed by atoms with Gasteiger partial charge >= 0.3 is 0 Å². The smallest absolute Gasteiger partial charge is 0.163 e. The Morgan fingerprint density at radius 3 is 2.56 bits per heavy atom. The van der Waals surface area contributed by atoms with E-state index in [0.717, 1.165) is 0 Å². The first-order valence-electron chi connectivity index (χ1n) is 2.97. The molecule has 4 N–H and O–H groups in total. The molecule has 4 heteroatoms. The molecule has 9 heavy (non-hydrogen) atoms. The number of nitrogens with two attached hydrogens (primary N) is 2. The van der Waals surface area contributed by atoms with Gasteiger partial charge in [-0.25, -0.2) is 0 Å². The molecule has 4 nitrogen and oxygen atoms in total. The van der Waals surface area contributed by atoms with Gasteiger partial charge in [0.2, 0.25) is 0 Å². The second-order valence-electron chi connectivity index (χ2n) is 2.19. The fraction of sp³-hybridized carbons (Fsp3) is 1.00.